The highest BCUT2D eigenvalue weighted by Crippen LogP contribution is 2.24. The maximum atomic E-state index is 5.88. The van der Waals surface area contributed by atoms with E-state index in [0.29, 0.717) is 23.5 Å². The number of nitrogens with two attached hydrogens (primary N) is 1. The van der Waals surface area contributed by atoms with Crippen molar-refractivity contribution in [3.63, 3.8) is 0 Å². The lowest BCUT2D eigenvalue weighted by molar-refractivity contribution is 0.364. The third kappa shape index (κ3) is 1.90. The fraction of sp³-hybridized carbons (Fsp3) is 0.417. The van der Waals surface area contributed by atoms with Gasteiger partial charge in [-0.25, -0.2) is 0 Å². The first-order valence-electron chi connectivity index (χ1n) is 6.01. The second-order valence-electron chi connectivity index (χ2n) is 4.55. The van der Waals surface area contributed by atoms with E-state index in [4.69, 9.17) is 10.3 Å². The molecule has 1 atom stereocenters. The SMILES string of the molecule is Cn1ncc(-c2noc(CC3C=CCC3)n2)c1N. The largest absolute Gasteiger partial charge is 0.383 e. The minimum absolute atomic E-state index is 0.512. The van der Waals surface area contributed by atoms with Crippen LogP contribution in [0.3, 0.4) is 0 Å². The average Bonchev–Trinajstić information content (AvgIpc) is 3.05. The summed E-state index contributed by atoms with van der Waals surface area (Å²) >= 11 is 0. The smallest absolute Gasteiger partial charge is 0.227 e. The Kier molecular flexibility index (Phi) is 2.62. The monoisotopic (exact) mass is 245 g/mol. The van der Waals surface area contributed by atoms with Gasteiger partial charge in [-0.15, -0.1) is 0 Å². The first-order valence-corrected chi connectivity index (χ1v) is 6.01. The van der Waals surface area contributed by atoms with E-state index in [1.807, 2.05) is 0 Å². The van der Waals surface area contributed by atoms with Crippen molar-refractivity contribution in [2.24, 2.45) is 13.0 Å². The molecule has 2 aromatic heterocycles. The van der Waals surface area contributed by atoms with Crippen LogP contribution in [-0.2, 0) is 13.5 Å². The van der Waals surface area contributed by atoms with Crippen LogP contribution in [0.15, 0.2) is 22.9 Å². The highest BCUT2D eigenvalue weighted by atomic mass is 16.5. The quantitative estimate of drug-likeness (QED) is 0.830. The van der Waals surface area contributed by atoms with Crippen molar-refractivity contribution in [2.75, 3.05) is 5.73 Å². The second-order valence-corrected chi connectivity index (χ2v) is 4.55. The molecule has 18 heavy (non-hydrogen) atoms. The van der Waals surface area contributed by atoms with Gasteiger partial charge in [-0.2, -0.15) is 10.1 Å². The summed E-state index contributed by atoms with van der Waals surface area (Å²) in [5, 5.41) is 8.02. The summed E-state index contributed by atoms with van der Waals surface area (Å²) in [7, 11) is 1.78. The van der Waals surface area contributed by atoms with Crippen LogP contribution in [0.1, 0.15) is 18.7 Å². The van der Waals surface area contributed by atoms with E-state index in [1.165, 1.54) is 0 Å². The molecule has 2 N–H and O–H groups in total. The molecule has 0 radical (unpaired) electrons. The Morgan fingerprint density at radius 1 is 1.56 bits per heavy atom. The number of aromatic nitrogens is 4. The van der Waals surface area contributed by atoms with Crippen molar-refractivity contribution >= 4 is 5.82 Å². The minimum Gasteiger partial charge on any atom is -0.383 e. The summed E-state index contributed by atoms with van der Waals surface area (Å²) in [4.78, 5) is 4.37. The van der Waals surface area contributed by atoms with Gasteiger partial charge < -0.3 is 10.3 Å². The molecule has 3 rings (SSSR count). The van der Waals surface area contributed by atoms with Gasteiger partial charge in [-0.1, -0.05) is 17.3 Å². The van der Waals surface area contributed by atoms with Crippen LogP contribution in [-0.4, -0.2) is 19.9 Å². The zero-order chi connectivity index (χ0) is 12.5. The fourth-order valence-electron chi connectivity index (χ4n) is 2.16. The zero-order valence-corrected chi connectivity index (χ0v) is 10.2. The van der Waals surface area contributed by atoms with E-state index in [2.05, 4.69) is 27.4 Å². The van der Waals surface area contributed by atoms with Crippen LogP contribution in [0.5, 0.6) is 0 Å². The van der Waals surface area contributed by atoms with Crippen LogP contribution < -0.4 is 5.73 Å². The topological polar surface area (TPSA) is 82.8 Å². The van der Waals surface area contributed by atoms with Crippen molar-refractivity contribution < 1.29 is 4.52 Å². The van der Waals surface area contributed by atoms with Crippen molar-refractivity contribution in [2.45, 2.75) is 19.3 Å². The third-order valence-electron chi connectivity index (χ3n) is 3.24. The standard InChI is InChI=1S/C12H15N5O/c1-17-11(13)9(7-14-17)12-15-10(18-16-12)6-8-4-2-3-5-8/h2,4,7-8H,3,5-6,13H2,1H3. The van der Waals surface area contributed by atoms with Crippen LogP contribution in [0.25, 0.3) is 11.4 Å². The second kappa shape index (κ2) is 4.29. The van der Waals surface area contributed by atoms with Gasteiger partial charge in [0.25, 0.3) is 0 Å². The van der Waals surface area contributed by atoms with E-state index >= 15 is 0 Å². The summed E-state index contributed by atoms with van der Waals surface area (Å²) in [6, 6.07) is 0. The van der Waals surface area contributed by atoms with E-state index in [0.717, 1.165) is 24.8 Å². The van der Waals surface area contributed by atoms with Crippen molar-refractivity contribution in [3.05, 3.63) is 24.2 Å². The van der Waals surface area contributed by atoms with Gasteiger partial charge in [0, 0.05) is 13.5 Å². The van der Waals surface area contributed by atoms with Crippen molar-refractivity contribution in [3.8, 4) is 11.4 Å². The number of nitrogen functional groups attached to an aromatic ring is 1. The van der Waals surface area contributed by atoms with Gasteiger partial charge in [-0.05, 0) is 18.8 Å². The molecule has 0 bridgehead atoms. The highest BCUT2D eigenvalue weighted by Gasteiger charge is 2.17. The van der Waals surface area contributed by atoms with Crippen LogP contribution >= 0.6 is 0 Å². The summed E-state index contributed by atoms with van der Waals surface area (Å²) in [6.07, 6.45) is 9.15. The average molecular weight is 245 g/mol. The lowest BCUT2D eigenvalue weighted by atomic mass is 10.1. The van der Waals surface area contributed by atoms with Gasteiger partial charge >= 0.3 is 0 Å². The Morgan fingerprint density at radius 2 is 2.44 bits per heavy atom. The minimum atomic E-state index is 0.512. The number of anilines is 1. The van der Waals surface area contributed by atoms with E-state index in [-0.39, 0.29) is 0 Å². The molecular formula is C12H15N5O. The molecule has 0 fully saturated rings. The highest BCUT2D eigenvalue weighted by molar-refractivity contribution is 5.67. The van der Waals surface area contributed by atoms with Crippen molar-refractivity contribution in [1.82, 2.24) is 19.9 Å². The molecule has 1 aliphatic rings. The lowest BCUT2D eigenvalue weighted by Gasteiger charge is -2.00. The molecule has 0 aliphatic heterocycles. The summed E-state index contributed by atoms with van der Waals surface area (Å²) in [5.41, 5.74) is 6.59. The number of hydrogen-bond donors (Lipinski definition) is 1. The number of hydrogen-bond acceptors (Lipinski definition) is 5. The number of aryl methyl sites for hydroxylation is 1. The van der Waals surface area contributed by atoms with Crippen molar-refractivity contribution in [1.29, 1.82) is 0 Å². The predicted octanol–water partition coefficient (Wildman–Crippen LogP) is 1.56. The normalized spacial score (nSPS) is 18.6. The first-order chi connectivity index (χ1) is 8.74. The molecule has 2 aromatic rings. The van der Waals surface area contributed by atoms with Gasteiger partial charge in [0.05, 0.1) is 11.8 Å². The Labute approximate surface area is 104 Å². The third-order valence-corrected chi connectivity index (χ3v) is 3.24. The molecule has 1 aliphatic carbocycles. The van der Waals surface area contributed by atoms with E-state index < -0.39 is 0 Å². The molecule has 0 spiro atoms. The van der Waals surface area contributed by atoms with E-state index in [9.17, 15) is 0 Å². The van der Waals surface area contributed by atoms with Crippen LogP contribution in [0, 0.1) is 5.92 Å². The number of nitrogens with zero attached hydrogens (tertiary/aromatic N) is 4. The fourth-order valence-corrected chi connectivity index (χ4v) is 2.16. The number of allylic oxidation sites excluding steroid dienone is 2. The first kappa shape index (κ1) is 11.0. The summed E-state index contributed by atoms with van der Waals surface area (Å²) in [6.45, 7) is 0. The summed E-state index contributed by atoms with van der Waals surface area (Å²) < 4.78 is 6.85. The molecule has 2 heterocycles. The molecule has 0 saturated heterocycles. The Hall–Kier alpha value is -2.11. The Morgan fingerprint density at radius 3 is 3.11 bits per heavy atom. The number of rotatable bonds is 3. The summed E-state index contributed by atoms with van der Waals surface area (Å²) in [5.74, 6) is 2.23. The van der Waals surface area contributed by atoms with Crippen LogP contribution in [0.2, 0.25) is 0 Å². The molecule has 6 nitrogen and oxygen atoms in total. The molecular weight excluding hydrogens is 230 g/mol. The molecule has 0 amide bonds. The van der Waals surface area contributed by atoms with Gasteiger partial charge in [0.15, 0.2) is 0 Å². The molecule has 0 saturated carbocycles. The molecule has 1 unspecified atom stereocenters. The maximum Gasteiger partial charge on any atom is 0.227 e. The predicted molar refractivity (Wildman–Crippen MR) is 66.5 cm³/mol. The zero-order valence-electron chi connectivity index (χ0n) is 10.2. The van der Waals surface area contributed by atoms with Crippen LogP contribution in [0.4, 0.5) is 5.82 Å². The van der Waals surface area contributed by atoms with Gasteiger partial charge in [0.1, 0.15) is 5.82 Å². The molecule has 94 valence electrons. The molecule has 6 heteroatoms. The maximum absolute atomic E-state index is 5.88. The van der Waals surface area contributed by atoms with Gasteiger partial charge in [-0.3, -0.25) is 4.68 Å². The Bertz CT molecular complexity index is 583. The van der Waals surface area contributed by atoms with Gasteiger partial charge in [0.2, 0.25) is 11.7 Å². The molecule has 0 aromatic carbocycles. The Balaban J connectivity index is 1.80. The lowest BCUT2D eigenvalue weighted by Crippen LogP contribution is -1.99. The van der Waals surface area contributed by atoms with E-state index in [1.54, 1.807) is 17.9 Å².